The first-order chi connectivity index (χ1) is 17.4. The summed E-state index contributed by atoms with van der Waals surface area (Å²) in [5, 5.41) is 18.0. The van der Waals surface area contributed by atoms with Crippen molar-refractivity contribution >= 4 is 40.9 Å². The highest BCUT2D eigenvalue weighted by molar-refractivity contribution is 6.31. The average Bonchev–Trinajstić information content (AvgIpc) is 3.25. The molecule has 2 amide bonds. The Balaban J connectivity index is 1.48. The molecule has 13 heteroatoms. The Morgan fingerprint density at radius 2 is 1.81 bits per heavy atom. The number of aliphatic carboxylic acids is 1. The predicted molar refractivity (Wildman–Crippen MR) is 127 cm³/mol. The van der Waals surface area contributed by atoms with Crippen LogP contribution in [0.4, 0.5) is 25.0 Å². The number of anilines is 2. The Morgan fingerprint density at radius 1 is 1.11 bits per heavy atom. The summed E-state index contributed by atoms with van der Waals surface area (Å²) in [7, 11) is 0. The molecule has 1 aliphatic rings. The Hall–Kier alpha value is -4.06. The maximum atomic E-state index is 13.7. The minimum atomic E-state index is -3.62. The molecule has 0 unspecified atom stereocenters. The second kappa shape index (κ2) is 9.77. The fourth-order valence-corrected chi connectivity index (χ4v) is 4.13. The smallest absolute Gasteiger partial charge is 0.412 e. The zero-order valence-electron chi connectivity index (χ0n) is 19.7. The van der Waals surface area contributed by atoms with Gasteiger partial charge < -0.3 is 19.7 Å². The standard InChI is InChI=1S/C24H21ClF2N4O6/c1-10-15(29-21(32)17-18(22(33)34)24(17,26)27)8-9-16(28-10)20-19(11(2)31-37-20)30-23(35)36-12(3)13-6-4-5-7-14(13)25/h4-9,12,17-18H,1-3H3,(H,29,32)(H,30,35)(H,33,34)/t12-,17+,18+/m1/s1. The van der Waals surface area contributed by atoms with Gasteiger partial charge in [0.2, 0.25) is 11.7 Å². The van der Waals surface area contributed by atoms with E-state index in [1.807, 2.05) is 0 Å². The maximum absolute atomic E-state index is 13.7. The molecular weight excluding hydrogens is 514 g/mol. The number of rotatable bonds is 7. The molecule has 3 atom stereocenters. The molecule has 1 aliphatic carbocycles. The number of amides is 2. The highest BCUT2D eigenvalue weighted by Crippen LogP contribution is 2.55. The lowest BCUT2D eigenvalue weighted by Crippen LogP contribution is -2.19. The van der Waals surface area contributed by atoms with Crippen LogP contribution in [0, 0.1) is 25.7 Å². The van der Waals surface area contributed by atoms with Crippen LogP contribution >= 0.6 is 11.6 Å². The number of hydrogen-bond donors (Lipinski definition) is 3. The molecular formula is C24H21ClF2N4O6. The van der Waals surface area contributed by atoms with Gasteiger partial charge in [-0.2, -0.15) is 0 Å². The van der Waals surface area contributed by atoms with Gasteiger partial charge in [-0.15, -0.1) is 0 Å². The number of alkyl halides is 2. The Bertz CT molecular complexity index is 1400. The van der Waals surface area contributed by atoms with Gasteiger partial charge in [0, 0.05) is 10.6 Å². The van der Waals surface area contributed by atoms with Crippen LogP contribution in [-0.4, -0.2) is 39.1 Å². The minimum Gasteiger partial charge on any atom is -0.481 e. The molecule has 3 N–H and O–H groups in total. The first kappa shape index (κ1) is 26.0. The molecule has 37 heavy (non-hydrogen) atoms. The van der Waals surface area contributed by atoms with Crippen molar-refractivity contribution in [2.45, 2.75) is 32.8 Å². The van der Waals surface area contributed by atoms with Crippen LogP contribution in [0.5, 0.6) is 0 Å². The van der Waals surface area contributed by atoms with E-state index in [2.05, 4.69) is 20.8 Å². The fourth-order valence-electron chi connectivity index (χ4n) is 3.84. The van der Waals surface area contributed by atoms with E-state index in [-0.39, 0.29) is 28.5 Å². The van der Waals surface area contributed by atoms with Gasteiger partial charge in [0.25, 0.3) is 5.92 Å². The number of aromatic nitrogens is 2. The zero-order valence-corrected chi connectivity index (χ0v) is 20.5. The van der Waals surface area contributed by atoms with Crippen LogP contribution in [0.1, 0.15) is 30.0 Å². The number of carboxylic acid groups (broad SMARTS) is 1. The van der Waals surface area contributed by atoms with Gasteiger partial charge in [0.05, 0.1) is 11.4 Å². The van der Waals surface area contributed by atoms with Crippen molar-refractivity contribution in [2.24, 2.45) is 11.8 Å². The lowest BCUT2D eigenvalue weighted by atomic mass is 10.1. The van der Waals surface area contributed by atoms with Crippen LogP contribution < -0.4 is 10.6 Å². The quantitative estimate of drug-likeness (QED) is 0.374. The average molecular weight is 535 g/mol. The van der Waals surface area contributed by atoms with E-state index in [1.165, 1.54) is 19.1 Å². The van der Waals surface area contributed by atoms with Crippen molar-refractivity contribution in [2.75, 3.05) is 10.6 Å². The molecule has 3 aromatic rings. The van der Waals surface area contributed by atoms with E-state index in [9.17, 15) is 23.2 Å². The van der Waals surface area contributed by atoms with Crippen molar-refractivity contribution in [3.63, 3.8) is 0 Å². The van der Waals surface area contributed by atoms with Crippen molar-refractivity contribution in [3.05, 3.63) is 58.4 Å². The number of carbonyl (C=O) groups excluding carboxylic acids is 2. The fraction of sp³-hybridized carbons (Fsp3) is 0.292. The molecule has 10 nitrogen and oxygen atoms in total. The molecule has 0 saturated heterocycles. The van der Waals surface area contributed by atoms with Crippen LogP contribution in [0.25, 0.3) is 11.5 Å². The molecule has 0 radical (unpaired) electrons. The van der Waals surface area contributed by atoms with E-state index in [1.54, 1.807) is 38.1 Å². The number of halogens is 3. The summed E-state index contributed by atoms with van der Waals surface area (Å²) >= 11 is 6.16. The van der Waals surface area contributed by atoms with Crippen LogP contribution in [0.15, 0.2) is 40.9 Å². The molecule has 2 aromatic heterocycles. The highest BCUT2D eigenvalue weighted by Gasteiger charge is 2.76. The third-order valence-corrected chi connectivity index (χ3v) is 6.24. The summed E-state index contributed by atoms with van der Waals surface area (Å²) in [5.74, 6) is -10.4. The highest BCUT2D eigenvalue weighted by atomic mass is 35.5. The number of carbonyl (C=O) groups is 3. The number of hydrogen-bond acceptors (Lipinski definition) is 7. The maximum Gasteiger partial charge on any atom is 0.412 e. The molecule has 194 valence electrons. The predicted octanol–water partition coefficient (Wildman–Crippen LogP) is 5.22. The van der Waals surface area contributed by atoms with Gasteiger partial charge in [0.1, 0.15) is 35.0 Å². The summed E-state index contributed by atoms with van der Waals surface area (Å²) < 4.78 is 38.1. The van der Waals surface area contributed by atoms with Gasteiger partial charge in [0.15, 0.2) is 0 Å². The van der Waals surface area contributed by atoms with E-state index in [4.69, 9.17) is 26.0 Å². The topological polar surface area (TPSA) is 144 Å². The molecule has 1 saturated carbocycles. The van der Waals surface area contributed by atoms with Crippen LogP contribution in [0.2, 0.25) is 5.02 Å². The van der Waals surface area contributed by atoms with Crippen molar-refractivity contribution < 1.29 is 37.5 Å². The molecule has 0 aliphatic heterocycles. The first-order valence-electron chi connectivity index (χ1n) is 11.0. The van der Waals surface area contributed by atoms with E-state index >= 15 is 0 Å². The number of benzene rings is 1. The van der Waals surface area contributed by atoms with E-state index in [0.29, 0.717) is 16.3 Å². The third kappa shape index (κ3) is 5.10. The number of nitrogens with zero attached hydrogens (tertiary/aromatic N) is 2. The number of nitrogens with one attached hydrogen (secondary N) is 2. The van der Waals surface area contributed by atoms with Gasteiger partial charge in [-0.1, -0.05) is 35.0 Å². The van der Waals surface area contributed by atoms with Crippen LogP contribution in [0.3, 0.4) is 0 Å². The van der Waals surface area contributed by atoms with Crippen molar-refractivity contribution in [1.82, 2.24) is 10.1 Å². The second-order valence-corrected chi connectivity index (χ2v) is 8.86. The van der Waals surface area contributed by atoms with E-state index < -0.39 is 41.8 Å². The van der Waals surface area contributed by atoms with Gasteiger partial charge >= 0.3 is 12.1 Å². The SMILES string of the molecule is Cc1nc(-c2onc(C)c2NC(=O)O[C@H](C)c2ccccc2Cl)ccc1NC(=O)[C@@H]1[C@@H](C(=O)O)C1(F)F. The van der Waals surface area contributed by atoms with Crippen molar-refractivity contribution in [3.8, 4) is 11.5 Å². The van der Waals surface area contributed by atoms with Crippen LogP contribution in [-0.2, 0) is 14.3 Å². The Labute approximate surface area is 214 Å². The third-order valence-electron chi connectivity index (χ3n) is 5.90. The minimum absolute atomic E-state index is 0.0977. The first-order valence-corrected chi connectivity index (χ1v) is 11.4. The lowest BCUT2D eigenvalue weighted by molar-refractivity contribution is -0.141. The number of carboxylic acids is 1. The molecule has 1 fully saturated rings. The number of ether oxygens (including phenoxy) is 1. The normalized spacial score (nSPS) is 18.5. The monoisotopic (exact) mass is 534 g/mol. The molecule has 4 rings (SSSR count). The summed E-state index contributed by atoms with van der Waals surface area (Å²) in [4.78, 5) is 40.0. The lowest BCUT2D eigenvalue weighted by Gasteiger charge is -2.15. The molecule has 1 aromatic carbocycles. The van der Waals surface area contributed by atoms with Gasteiger partial charge in [-0.05, 0) is 39.0 Å². The zero-order chi connectivity index (χ0) is 27.1. The number of pyridine rings is 1. The number of aryl methyl sites for hydroxylation is 2. The molecule has 2 heterocycles. The molecule has 0 bridgehead atoms. The van der Waals surface area contributed by atoms with Gasteiger partial charge in [-0.25, -0.2) is 18.6 Å². The summed E-state index contributed by atoms with van der Waals surface area (Å²) in [6, 6.07) is 9.75. The van der Waals surface area contributed by atoms with Crippen molar-refractivity contribution in [1.29, 1.82) is 0 Å². The Morgan fingerprint density at radius 3 is 2.43 bits per heavy atom. The summed E-state index contributed by atoms with van der Waals surface area (Å²) in [5.41, 5.74) is 1.73. The van der Waals surface area contributed by atoms with Gasteiger partial charge in [-0.3, -0.25) is 14.9 Å². The summed E-state index contributed by atoms with van der Waals surface area (Å²) in [6.45, 7) is 4.77. The van der Waals surface area contributed by atoms with E-state index in [0.717, 1.165) is 0 Å². The second-order valence-electron chi connectivity index (χ2n) is 8.45. The molecule has 0 spiro atoms. The largest absolute Gasteiger partial charge is 0.481 e. The summed E-state index contributed by atoms with van der Waals surface area (Å²) in [6.07, 6.45) is -1.45. The Kier molecular flexibility index (Phi) is 6.87.